The van der Waals surface area contributed by atoms with Crippen molar-refractivity contribution in [1.29, 1.82) is 0 Å². The highest BCUT2D eigenvalue weighted by Gasteiger charge is 2.42. The van der Waals surface area contributed by atoms with Crippen LogP contribution < -0.4 is 5.32 Å². The summed E-state index contributed by atoms with van der Waals surface area (Å²) in [6, 6.07) is 11.0. The number of likely N-dealkylation sites (N-methyl/N-ethyl adjacent to an activating group) is 1. The second kappa shape index (κ2) is 7.53. The number of aliphatic imine (C=N–C) groups is 1. The first kappa shape index (κ1) is 17.2. The summed E-state index contributed by atoms with van der Waals surface area (Å²) in [5.41, 5.74) is 1.69. The Hall–Kier alpha value is -1.59. The van der Waals surface area contributed by atoms with Crippen molar-refractivity contribution in [3.05, 3.63) is 35.9 Å². The minimum absolute atomic E-state index is 0.328. The van der Waals surface area contributed by atoms with Crippen molar-refractivity contribution in [3.8, 4) is 0 Å². The molecule has 2 aliphatic heterocycles. The van der Waals surface area contributed by atoms with Crippen molar-refractivity contribution in [2.75, 3.05) is 54.0 Å². The van der Waals surface area contributed by atoms with Crippen molar-refractivity contribution < 1.29 is 4.74 Å². The van der Waals surface area contributed by atoms with Gasteiger partial charge >= 0.3 is 0 Å². The Kier molecular flexibility index (Phi) is 5.41. The van der Waals surface area contributed by atoms with Gasteiger partial charge in [-0.25, -0.2) is 0 Å². The van der Waals surface area contributed by atoms with Crippen molar-refractivity contribution >= 4 is 5.96 Å². The Balaban J connectivity index is 1.61. The summed E-state index contributed by atoms with van der Waals surface area (Å²) >= 11 is 0. The zero-order valence-electron chi connectivity index (χ0n) is 15.2. The number of nitrogens with zero attached hydrogens (tertiary/aromatic N) is 3. The molecule has 0 radical (unpaired) electrons. The summed E-state index contributed by atoms with van der Waals surface area (Å²) < 4.78 is 5.64. The molecule has 1 aromatic rings. The number of likely N-dealkylation sites (tertiary alicyclic amines) is 1. The summed E-state index contributed by atoms with van der Waals surface area (Å²) in [5, 5.41) is 3.59. The van der Waals surface area contributed by atoms with Crippen LogP contribution in [-0.2, 0) is 4.74 Å². The predicted octanol–water partition coefficient (Wildman–Crippen LogP) is 1.98. The minimum atomic E-state index is 0.328. The van der Waals surface area contributed by atoms with Gasteiger partial charge in [-0.2, -0.15) is 0 Å². The van der Waals surface area contributed by atoms with Crippen LogP contribution in [0.2, 0.25) is 0 Å². The van der Waals surface area contributed by atoms with E-state index in [1.807, 2.05) is 7.05 Å². The molecule has 5 nitrogen and oxygen atoms in total. The number of nitrogens with one attached hydrogen (secondary N) is 1. The molecule has 24 heavy (non-hydrogen) atoms. The average molecular weight is 330 g/mol. The highest BCUT2D eigenvalue weighted by Crippen LogP contribution is 2.38. The third-order valence-corrected chi connectivity index (χ3v) is 5.40. The minimum Gasteiger partial charge on any atom is -0.381 e. The molecule has 2 saturated heterocycles. The molecule has 132 valence electrons. The van der Waals surface area contributed by atoms with Crippen LogP contribution in [0.15, 0.2) is 35.3 Å². The summed E-state index contributed by atoms with van der Waals surface area (Å²) in [7, 11) is 6.14. The van der Waals surface area contributed by atoms with Gasteiger partial charge in [0.1, 0.15) is 0 Å². The molecule has 0 aromatic heterocycles. The van der Waals surface area contributed by atoms with E-state index in [-0.39, 0.29) is 0 Å². The Bertz CT molecular complexity index is 552. The molecule has 1 N–H and O–H groups in total. The van der Waals surface area contributed by atoms with Crippen LogP contribution in [-0.4, -0.2) is 69.8 Å². The van der Waals surface area contributed by atoms with E-state index in [1.54, 1.807) is 0 Å². The molecular formula is C19H30N4O. The molecule has 2 aliphatic rings. The zero-order chi connectivity index (χ0) is 17.0. The Morgan fingerprint density at radius 1 is 1.33 bits per heavy atom. The van der Waals surface area contributed by atoms with E-state index < -0.39 is 0 Å². The molecule has 5 heteroatoms. The lowest BCUT2D eigenvalue weighted by Crippen LogP contribution is -2.44. The first-order valence-electron chi connectivity index (χ1n) is 8.88. The fourth-order valence-corrected chi connectivity index (χ4v) is 3.88. The van der Waals surface area contributed by atoms with Crippen LogP contribution >= 0.6 is 0 Å². The quantitative estimate of drug-likeness (QED) is 0.677. The first-order chi connectivity index (χ1) is 11.6. The van der Waals surface area contributed by atoms with E-state index in [0.29, 0.717) is 11.5 Å². The van der Waals surface area contributed by atoms with Gasteiger partial charge in [-0.05, 0) is 32.5 Å². The van der Waals surface area contributed by atoms with Gasteiger partial charge in [0.05, 0.1) is 12.6 Å². The number of benzene rings is 1. The zero-order valence-corrected chi connectivity index (χ0v) is 15.2. The van der Waals surface area contributed by atoms with E-state index in [9.17, 15) is 0 Å². The van der Waals surface area contributed by atoms with Gasteiger partial charge in [-0.3, -0.25) is 4.99 Å². The molecule has 2 unspecified atom stereocenters. The number of ether oxygens (including phenoxy) is 1. The third-order valence-electron chi connectivity index (χ3n) is 5.40. The fraction of sp³-hybridized carbons (Fsp3) is 0.632. The lowest BCUT2D eigenvalue weighted by atomic mass is 9.87. The van der Waals surface area contributed by atoms with Gasteiger partial charge in [0.2, 0.25) is 0 Å². The summed E-state index contributed by atoms with van der Waals surface area (Å²) in [6.07, 6.45) is 2.40. The van der Waals surface area contributed by atoms with Gasteiger partial charge in [0, 0.05) is 38.7 Å². The van der Waals surface area contributed by atoms with Crippen molar-refractivity contribution in [2.24, 2.45) is 10.4 Å². The number of hydrogen-bond acceptors (Lipinski definition) is 3. The molecule has 2 heterocycles. The molecular weight excluding hydrogens is 300 g/mol. The lowest BCUT2D eigenvalue weighted by Gasteiger charge is -2.29. The molecule has 3 rings (SSSR count). The second-order valence-electron chi connectivity index (χ2n) is 7.29. The molecule has 0 saturated carbocycles. The van der Waals surface area contributed by atoms with E-state index >= 15 is 0 Å². The monoisotopic (exact) mass is 330 g/mol. The SMILES string of the molecule is CN=C(NCC(c1ccccc1)N(C)C)N1CCC2(CCOC2)C1. The molecule has 0 aliphatic carbocycles. The van der Waals surface area contributed by atoms with Crippen molar-refractivity contribution in [2.45, 2.75) is 18.9 Å². The second-order valence-corrected chi connectivity index (χ2v) is 7.29. The molecule has 1 aromatic carbocycles. The smallest absolute Gasteiger partial charge is 0.193 e. The van der Waals surface area contributed by atoms with Gasteiger partial charge in [-0.1, -0.05) is 30.3 Å². The highest BCUT2D eigenvalue weighted by atomic mass is 16.5. The van der Waals surface area contributed by atoms with E-state index in [0.717, 1.165) is 38.8 Å². The molecule has 2 atom stereocenters. The van der Waals surface area contributed by atoms with Crippen LogP contribution in [0.5, 0.6) is 0 Å². The van der Waals surface area contributed by atoms with Gasteiger partial charge in [-0.15, -0.1) is 0 Å². The van der Waals surface area contributed by atoms with Crippen LogP contribution in [0.3, 0.4) is 0 Å². The molecule has 1 spiro atoms. The Labute approximate surface area is 145 Å². The standard InChI is InChI=1S/C19H30N4O/c1-20-18(23-11-9-19(14-23)10-12-24-15-19)21-13-17(22(2)3)16-7-5-4-6-8-16/h4-8,17H,9-15H2,1-3H3,(H,20,21). The molecule has 0 bridgehead atoms. The summed E-state index contributed by atoms with van der Waals surface area (Å²) in [4.78, 5) is 9.17. The van der Waals surface area contributed by atoms with Crippen LogP contribution in [0.4, 0.5) is 0 Å². The maximum absolute atomic E-state index is 5.64. The van der Waals surface area contributed by atoms with Crippen molar-refractivity contribution in [3.63, 3.8) is 0 Å². The van der Waals surface area contributed by atoms with E-state index in [2.05, 4.69) is 64.5 Å². The molecule has 0 amide bonds. The van der Waals surface area contributed by atoms with E-state index in [4.69, 9.17) is 4.74 Å². The summed E-state index contributed by atoms with van der Waals surface area (Å²) in [5.74, 6) is 1.02. The van der Waals surface area contributed by atoms with Gasteiger partial charge in [0.15, 0.2) is 5.96 Å². The van der Waals surface area contributed by atoms with Crippen molar-refractivity contribution in [1.82, 2.24) is 15.1 Å². The molecule has 2 fully saturated rings. The van der Waals surface area contributed by atoms with E-state index in [1.165, 1.54) is 18.4 Å². The highest BCUT2D eigenvalue weighted by molar-refractivity contribution is 5.80. The fourth-order valence-electron chi connectivity index (χ4n) is 3.88. The summed E-state index contributed by atoms with van der Waals surface area (Å²) in [6.45, 7) is 4.80. The topological polar surface area (TPSA) is 40.1 Å². The van der Waals surface area contributed by atoms with Crippen LogP contribution in [0, 0.1) is 5.41 Å². The predicted molar refractivity (Wildman–Crippen MR) is 98.3 cm³/mol. The number of guanidine groups is 1. The lowest BCUT2D eigenvalue weighted by molar-refractivity contribution is 0.156. The largest absolute Gasteiger partial charge is 0.381 e. The van der Waals surface area contributed by atoms with Gasteiger partial charge < -0.3 is 19.9 Å². The maximum atomic E-state index is 5.64. The average Bonchev–Trinajstić information content (AvgIpc) is 3.22. The van der Waals surface area contributed by atoms with Gasteiger partial charge in [0.25, 0.3) is 0 Å². The first-order valence-corrected chi connectivity index (χ1v) is 8.88. The third kappa shape index (κ3) is 3.73. The Morgan fingerprint density at radius 3 is 2.75 bits per heavy atom. The number of hydrogen-bond donors (Lipinski definition) is 1. The normalized spacial score (nSPS) is 25.7. The van der Waals surface area contributed by atoms with Crippen LogP contribution in [0.1, 0.15) is 24.4 Å². The van der Waals surface area contributed by atoms with Crippen LogP contribution in [0.25, 0.3) is 0 Å². The number of rotatable bonds is 4. The maximum Gasteiger partial charge on any atom is 0.193 e. The Morgan fingerprint density at radius 2 is 2.12 bits per heavy atom.